The van der Waals surface area contributed by atoms with Gasteiger partial charge in [-0.2, -0.15) is 0 Å². The maximum absolute atomic E-state index is 13.3. The van der Waals surface area contributed by atoms with Gasteiger partial charge in [-0.3, -0.25) is 14.4 Å². The molecule has 3 atom stereocenters. The number of carbonyl (C=O) groups is 3. The third-order valence-electron chi connectivity index (χ3n) is 6.29. The zero-order chi connectivity index (χ0) is 24.1. The van der Waals surface area contributed by atoms with Crippen molar-refractivity contribution >= 4 is 23.4 Å². The summed E-state index contributed by atoms with van der Waals surface area (Å²) in [5.41, 5.74) is 1.45. The van der Waals surface area contributed by atoms with E-state index in [1.165, 1.54) is 0 Å². The number of rotatable bonds is 6. The quantitative estimate of drug-likeness (QED) is 0.683. The molecule has 4 rings (SSSR count). The van der Waals surface area contributed by atoms with Crippen molar-refractivity contribution in [1.82, 2.24) is 10.2 Å². The van der Waals surface area contributed by atoms with Crippen molar-refractivity contribution < 1.29 is 23.9 Å². The summed E-state index contributed by atoms with van der Waals surface area (Å²) in [7, 11) is 1.77. The molecular formula is C26H31N3O5. The maximum atomic E-state index is 13.3. The molecule has 180 valence electrons. The largest absolute Gasteiger partial charge is 0.490 e. The number of nitrogens with zero attached hydrogens (tertiary/aromatic N) is 1. The Morgan fingerprint density at radius 3 is 2.68 bits per heavy atom. The van der Waals surface area contributed by atoms with Crippen LogP contribution in [0.25, 0.3) is 0 Å². The molecule has 2 N–H and O–H groups in total. The van der Waals surface area contributed by atoms with Gasteiger partial charge in [0, 0.05) is 24.8 Å². The number of ether oxygens (including phenoxy) is 2. The predicted molar refractivity (Wildman–Crippen MR) is 128 cm³/mol. The highest BCUT2D eigenvalue weighted by molar-refractivity contribution is 6.05. The first-order valence-electron chi connectivity index (χ1n) is 11.8. The van der Waals surface area contributed by atoms with Crippen LogP contribution in [0.2, 0.25) is 0 Å². The van der Waals surface area contributed by atoms with E-state index in [9.17, 15) is 14.4 Å². The van der Waals surface area contributed by atoms with Crippen LogP contribution in [-0.2, 0) is 9.53 Å². The monoisotopic (exact) mass is 465 g/mol. The molecule has 0 bridgehead atoms. The number of amides is 3. The third-order valence-corrected chi connectivity index (χ3v) is 6.29. The van der Waals surface area contributed by atoms with E-state index in [0.29, 0.717) is 42.0 Å². The summed E-state index contributed by atoms with van der Waals surface area (Å²) in [4.78, 5) is 39.7. The topological polar surface area (TPSA) is 97.0 Å². The number of hydrogen-bond acceptors (Lipinski definition) is 5. The highest BCUT2D eigenvalue weighted by Crippen LogP contribution is 2.32. The van der Waals surface area contributed by atoms with Crippen LogP contribution in [0.5, 0.6) is 5.75 Å². The number of hydrogen-bond donors (Lipinski definition) is 2. The first kappa shape index (κ1) is 23.8. The fraction of sp³-hybridized carbons (Fsp3) is 0.423. The van der Waals surface area contributed by atoms with Crippen LogP contribution in [-0.4, -0.2) is 61.1 Å². The maximum Gasteiger partial charge on any atom is 0.257 e. The van der Waals surface area contributed by atoms with E-state index < -0.39 is 0 Å². The molecule has 1 saturated heterocycles. The summed E-state index contributed by atoms with van der Waals surface area (Å²) in [6, 6.07) is 13.8. The van der Waals surface area contributed by atoms with E-state index in [4.69, 9.17) is 9.47 Å². The minimum Gasteiger partial charge on any atom is -0.490 e. The average Bonchev–Trinajstić information content (AvgIpc) is 2.85. The Bertz CT molecular complexity index is 1040. The normalized spacial score (nSPS) is 21.9. The molecule has 0 spiro atoms. The number of likely N-dealkylation sites (N-methyl/N-ethyl adjacent to an activating group) is 1. The molecule has 0 radical (unpaired) electrons. The standard InChI is InChI=1S/C26H31N3O5/c1-3-13-27-24(30)15-19-10-11-21-23(34-19)16-33-22-12-9-18(14-20(22)26(32)29(21)2)28-25(31)17-7-5-4-6-8-17/h4-9,12,14,19,21,23H,3,10-11,13,15-16H2,1-2H3,(H,27,30)(H,28,31)/t19-,21+,23+/m0/s1. The Morgan fingerprint density at radius 2 is 1.91 bits per heavy atom. The molecule has 1 fully saturated rings. The molecular weight excluding hydrogens is 434 g/mol. The smallest absolute Gasteiger partial charge is 0.257 e. The van der Waals surface area contributed by atoms with Crippen molar-refractivity contribution in [2.45, 2.75) is 50.9 Å². The van der Waals surface area contributed by atoms with Gasteiger partial charge in [0.15, 0.2) is 0 Å². The summed E-state index contributed by atoms with van der Waals surface area (Å²) >= 11 is 0. The molecule has 8 heteroatoms. The van der Waals surface area contributed by atoms with Crippen LogP contribution in [0.3, 0.4) is 0 Å². The molecule has 34 heavy (non-hydrogen) atoms. The fourth-order valence-electron chi connectivity index (χ4n) is 4.44. The van der Waals surface area contributed by atoms with E-state index >= 15 is 0 Å². The van der Waals surface area contributed by atoms with Gasteiger partial charge in [-0.1, -0.05) is 25.1 Å². The lowest BCUT2D eigenvalue weighted by atomic mass is 9.94. The molecule has 2 aliphatic heterocycles. The Kier molecular flexibility index (Phi) is 7.47. The number of carbonyl (C=O) groups excluding carboxylic acids is 3. The average molecular weight is 466 g/mol. The van der Waals surface area contributed by atoms with Gasteiger partial charge in [-0.05, 0) is 49.6 Å². The van der Waals surface area contributed by atoms with Crippen LogP contribution < -0.4 is 15.4 Å². The van der Waals surface area contributed by atoms with Gasteiger partial charge in [0.25, 0.3) is 11.8 Å². The van der Waals surface area contributed by atoms with Crippen LogP contribution in [0.1, 0.15) is 53.3 Å². The molecule has 0 unspecified atom stereocenters. The van der Waals surface area contributed by atoms with Gasteiger partial charge < -0.3 is 25.0 Å². The summed E-state index contributed by atoms with van der Waals surface area (Å²) < 4.78 is 12.2. The van der Waals surface area contributed by atoms with Crippen molar-refractivity contribution in [3.63, 3.8) is 0 Å². The lowest BCUT2D eigenvalue weighted by Gasteiger charge is -2.42. The Labute approximate surface area is 199 Å². The lowest BCUT2D eigenvalue weighted by molar-refractivity contribution is -0.134. The van der Waals surface area contributed by atoms with E-state index in [1.54, 1.807) is 54.4 Å². The third kappa shape index (κ3) is 5.39. The molecule has 2 heterocycles. The second-order valence-electron chi connectivity index (χ2n) is 8.75. The van der Waals surface area contributed by atoms with Gasteiger partial charge in [0.2, 0.25) is 5.91 Å². The molecule has 8 nitrogen and oxygen atoms in total. The summed E-state index contributed by atoms with van der Waals surface area (Å²) in [5, 5.41) is 5.73. The van der Waals surface area contributed by atoms with Crippen molar-refractivity contribution in [2.75, 3.05) is 25.5 Å². The molecule has 0 saturated carbocycles. The van der Waals surface area contributed by atoms with Crippen LogP contribution in [0, 0.1) is 0 Å². The van der Waals surface area contributed by atoms with Gasteiger partial charge in [-0.25, -0.2) is 0 Å². The summed E-state index contributed by atoms with van der Waals surface area (Å²) in [6.45, 7) is 2.94. The van der Waals surface area contributed by atoms with Crippen LogP contribution >= 0.6 is 0 Å². The van der Waals surface area contributed by atoms with Gasteiger partial charge >= 0.3 is 0 Å². The van der Waals surface area contributed by atoms with Crippen molar-refractivity contribution in [3.05, 3.63) is 59.7 Å². The van der Waals surface area contributed by atoms with Gasteiger partial charge in [-0.15, -0.1) is 0 Å². The second-order valence-corrected chi connectivity index (χ2v) is 8.75. The first-order valence-corrected chi connectivity index (χ1v) is 11.8. The summed E-state index contributed by atoms with van der Waals surface area (Å²) in [6.07, 6.45) is 2.10. The van der Waals surface area contributed by atoms with E-state index in [0.717, 1.165) is 12.8 Å². The highest BCUT2D eigenvalue weighted by Gasteiger charge is 2.39. The molecule has 0 aliphatic carbocycles. The number of fused-ring (bicyclic) bond motifs is 2. The Hall–Kier alpha value is -3.39. The zero-order valence-corrected chi connectivity index (χ0v) is 19.6. The second kappa shape index (κ2) is 10.7. The number of benzene rings is 2. The SMILES string of the molecule is CCCNC(=O)C[C@@H]1CC[C@@H]2[C@@H](COc3ccc(NC(=O)c4ccccc4)cc3C(=O)N2C)O1. The zero-order valence-electron chi connectivity index (χ0n) is 19.6. The fourth-order valence-corrected chi connectivity index (χ4v) is 4.44. The lowest BCUT2D eigenvalue weighted by Crippen LogP contribution is -2.54. The van der Waals surface area contributed by atoms with E-state index in [1.807, 2.05) is 13.0 Å². The molecule has 2 aliphatic rings. The van der Waals surface area contributed by atoms with Crippen molar-refractivity contribution in [1.29, 1.82) is 0 Å². The molecule has 3 amide bonds. The Morgan fingerprint density at radius 1 is 1.12 bits per heavy atom. The van der Waals surface area contributed by atoms with Crippen LogP contribution in [0.15, 0.2) is 48.5 Å². The predicted octanol–water partition coefficient (Wildman–Crippen LogP) is 3.24. The molecule has 2 aromatic rings. The van der Waals surface area contributed by atoms with Crippen LogP contribution in [0.4, 0.5) is 5.69 Å². The van der Waals surface area contributed by atoms with Gasteiger partial charge in [0.1, 0.15) is 18.5 Å². The minimum absolute atomic E-state index is 0.0167. The minimum atomic E-state index is -0.322. The van der Waals surface area contributed by atoms with E-state index in [2.05, 4.69) is 10.6 Å². The molecule has 2 aromatic carbocycles. The number of anilines is 1. The van der Waals surface area contributed by atoms with Crippen molar-refractivity contribution in [2.24, 2.45) is 0 Å². The van der Waals surface area contributed by atoms with Crippen molar-refractivity contribution in [3.8, 4) is 5.75 Å². The highest BCUT2D eigenvalue weighted by atomic mass is 16.5. The Balaban J connectivity index is 1.46. The summed E-state index contributed by atoms with van der Waals surface area (Å²) in [5.74, 6) is -0.0116. The van der Waals surface area contributed by atoms with E-state index in [-0.39, 0.29) is 42.6 Å². The number of nitrogens with one attached hydrogen (secondary N) is 2. The van der Waals surface area contributed by atoms with Gasteiger partial charge in [0.05, 0.1) is 24.1 Å². The molecule has 0 aromatic heterocycles. The first-order chi connectivity index (χ1) is 16.5.